The van der Waals surface area contributed by atoms with Crippen LogP contribution >= 0.6 is 0 Å². The summed E-state index contributed by atoms with van der Waals surface area (Å²) in [6.45, 7) is 2.04. The predicted molar refractivity (Wildman–Crippen MR) is 80.6 cm³/mol. The zero-order chi connectivity index (χ0) is 15.1. The first kappa shape index (κ1) is 14.6. The first-order chi connectivity index (χ1) is 10.3. The van der Waals surface area contributed by atoms with E-state index in [4.69, 9.17) is 0 Å². The van der Waals surface area contributed by atoms with Crippen LogP contribution in [0.15, 0.2) is 58.5 Å². The maximum Gasteiger partial charge on any atom is 0.240 e. The Hall–Kier alpha value is -2.80. The third-order valence-electron chi connectivity index (χ3n) is 3.32. The van der Waals surface area contributed by atoms with Gasteiger partial charge in [0, 0.05) is 0 Å². The molecule has 0 amide bonds. The van der Waals surface area contributed by atoms with Crippen molar-refractivity contribution in [2.45, 2.75) is 19.3 Å². The second-order valence-electron chi connectivity index (χ2n) is 4.70. The second kappa shape index (κ2) is 7.11. The maximum absolute atomic E-state index is 10.5. The highest BCUT2D eigenvalue weighted by molar-refractivity contribution is 5.57. The number of carbonyl (C=O) groups excluding carboxylic acids is 2. The molecule has 2 rings (SSSR count). The summed E-state index contributed by atoms with van der Waals surface area (Å²) < 4.78 is 0. The number of hydrogen-bond donors (Lipinski definition) is 0. The van der Waals surface area contributed by atoms with Crippen molar-refractivity contribution in [3.8, 4) is 0 Å². The van der Waals surface area contributed by atoms with Crippen LogP contribution in [0, 0.1) is 0 Å². The summed E-state index contributed by atoms with van der Waals surface area (Å²) in [4.78, 5) is 28.4. The minimum atomic E-state index is 0.126. The van der Waals surface area contributed by atoms with Gasteiger partial charge in [-0.15, -0.1) is 0 Å². The lowest BCUT2D eigenvalue weighted by molar-refractivity contribution is 0.564. The smallest absolute Gasteiger partial charge is 0.211 e. The van der Waals surface area contributed by atoms with Gasteiger partial charge in [0.2, 0.25) is 12.2 Å². The van der Waals surface area contributed by atoms with E-state index in [2.05, 4.69) is 9.98 Å². The summed E-state index contributed by atoms with van der Waals surface area (Å²) in [6, 6.07) is 14.9. The molecular weight excluding hydrogens is 264 g/mol. The fourth-order valence-electron chi connectivity index (χ4n) is 2.34. The minimum Gasteiger partial charge on any atom is -0.211 e. The average molecular weight is 278 g/mol. The largest absolute Gasteiger partial charge is 0.240 e. The summed E-state index contributed by atoms with van der Waals surface area (Å²) in [5.74, 6) is 0.126. The summed E-state index contributed by atoms with van der Waals surface area (Å²) in [7, 11) is 0. The molecule has 2 aromatic rings. The molecule has 0 aliphatic carbocycles. The van der Waals surface area contributed by atoms with Crippen LogP contribution < -0.4 is 0 Å². The van der Waals surface area contributed by atoms with Crippen molar-refractivity contribution in [3.63, 3.8) is 0 Å². The van der Waals surface area contributed by atoms with E-state index in [0.29, 0.717) is 17.8 Å². The van der Waals surface area contributed by atoms with Crippen molar-refractivity contribution < 1.29 is 9.59 Å². The highest BCUT2D eigenvalue weighted by Gasteiger charge is 2.12. The van der Waals surface area contributed by atoms with Crippen LogP contribution in [0.25, 0.3) is 0 Å². The number of rotatable bonds is 5. The van der Waals surface area contributed by atoms with Gasteiger partial charge in [0.15, 0.2) is 0 Å². The normalized spacial score (nSPS) is 11.1. The molecule has 0 aromatic heterocycles. The average Bonchev–Trinajstić information content (AvgIpc) is 2.50. The van der Waals surface area contributed by atoms with Crippen LogP contribution in [-0.2, 0) is 16.0 Å². The van der Waals surface area contributed by atoms with Gasteiger partial charge in [-0.3, -0.25) is 0 Å². The van der Waals surface area contributed by atoms with E-state index in [1.807, 2.05) is 43.3 Å². The van der Waals surface area contributed by atoms with Gasteiger partial charge in [0.1, 0.15) is 0 Å². The number of nitrogens with zero attached hydrogens (tertiary/aromatic N) is 2. The van der Waals surface area contributed by atoms with Crippen molar-refractivity contribution in [2.75, 3.05) is 0 Å². The van der Waals surface area contributed by atoms with Crippen molar-refractivity contribution in [2.24, 2.45) is 9.98 Å². The number of benzene rings is 2. The van der Waals surface area contributed by atoms with Gasteiger partial charge in [-0.1, -0.05) is 43.3 Å². The Kier molecular flexibility index (Phi) is 4.94. The van der Waals surface area contributed by atoms with Crippen LogP contribution in [-0.4, -0.2) is 12.2 Å². The molecule has 0 heterocycles. The molecule has 0 aliphatic rings. The Bertz CT molecular complexity index is 727. The highest BCUT2D eigenvalue weighted by atomic mass is 16.1. The molecule has 0 saturated carbocycles. The van der Waals surface area contributed by atoms with Crippen molar-refractivity contribution in [3.05, 3.63) is 59.7 Å². The van der Waals surface area contributed by atoms with E-state index < -0.39 is 0 Å². The Morgan fingerprint density at radius 1 is 0.905 bits per heavy atom. The zero-order valence-corrected chi connectivity index (χ0v) is 11.6. The lowest BCUT2D eigenvalue weighted by Crippen LogP contribution is -1.99. The summed E-state index contributed by atoms with van der Waals surface area (Å²) >= 11 is 0. The van der Waals surface area contributed by atoms with Gasteiger partial charge >= 0.3 is 0 Å². The fourth-order valence-corrected chi connectivity index (χ4v) is 2.34. The monoisotopic (exact) mass is 278 g/mol. The van der Waals surface area contributed by atoms with Gasteiger partial charge in [-0.2, -0.15) is 9.98 Å². The predicted octanol–water partition coefficient (Wildman–Crippen LogP) is 3.97. The maximum atomic E-state index is 10.5. The molecule has 0 bridgehead atoms. The fraction of sp³-hybridized carbons (Fsp3) is 0.176. The quantitative estimate of drug-likeness (QED) is 0.613. The molecule has 0 fully saturated rings. The number of isocyanates is 2. The van der Waals surface area contributed by atoms with E-state index in [0.717, 1.165) is 11.1 Å². The van der Waals surface area contributed by atoms with Crippen LogP contribution in [0.1, 0.15) is 24.0 Å². The standard InChI is InChI=1S/C17H14N2O2/c1-13(15-7-3-5-9-17(15)19-12-21)10-14-6-2-4-8-16(14)18-11-20/h2-9,13H,10H2,1H3. The lowest BCUT2D eigenvalue weighted by Gasteiger charge is -2.14. The molecule has 2 aromatic carbocycles. The molecule has 0 radical (unpaired) electrons. The molecule has 0 N–H and O–H groups in total. The Balaban J connectivity index is 2.32. The molecular formula is C17H14N2O2. The SMILES string of the molecule is CC(Cc1ccccc1N=C=O)c1ccccc1N=C=O. The van der Waals surface area contributed by atoms with Crippen LogP contribution in [0.4, 0.5) is 11.4 Å². The molecule has 1 atom stereocenters. The molecule has 0 spiro atoms. The van der Waals surface area contributed by atoms with E-state index in [9.17, 15) is 9.59 Å². The van der Waals surface area contributed by atoms with Crippen LogP contribution in [0.2, 0.25) is 0 Å². The molecule has 0 aliphatic heterocycles. The van der Waals surface area contributed by atoms with Crippen molar-refractivity contribution >= 4 is 23.5 Å². The topological polar surface area (TPSA) is 58.9 Å². The van der Waals surface area contributed by atoms with Crippen molar-refractivity contribution in [1.29, 1.82) is 0 Å². The molecule has 0 saturated heterocycles. The second-order valence-corrected chi connectivity index (χ2v) is 4.70. The van der Waals surface area contributed by atoms with Gasteiger partial charge in [0.05, 0.1) is 11.4 Å². The Morgan fingerprint density at radius 3 is 2.19 bits per heavy atom. The van der Waals surface area contributed by atoms with Crippen LogP contribution in [0.3, 0.4) is 0 Å². The van der Waals surface area contributed by atoms with E-state index in [-0.39, 0.29) is 5.92 Å². The Labute approximate surface area is 122 Å². The molecule has 104 valence electrons. The van der Waals surface area contributed by atoms with Crippen LogP contribution in [0.5, 0.6) is 0 Å². The van der Waals surface area contributed by atoms with Gasteiger partial charge < -0.3 is 0 Å². The Morgan fingerprint density at radius 2 is 1.48 bits per heavy atom. The third kappa shape index (κ3) is 3.61. The summed E-state index contributed by atoms with van der Waals surface area (Å²) in [5, 5.41) is 0. The zero-order valence-electron chi connectivity index (χ0n) is 11.6. The molecule has 1 unspecified atom stereocenters. The minimum absolute atomic E-state index is 0.126. The van der Waals surface area contributed by atoms with E-state index >= 15 is 0 Å². The summed E-state index contributed by atoms with van der Waals surface area (Å²) in [6.07, 6.45) is 3.84. The first-order valence-electron chi connectivity index (χ1n) is 6.59. The first-order valence-corrected chi connectivity index (χ1v) is 6.59. The van der Waals surface area contributed by atoms with Crippen molar-refractivity contribution in [1.82, 2.24) is 0 Å². The van der Waals surface area contributed by atoms with E-state index in [1.165, 1.54) is 0 Å². The highest BCUT2D eigenvalue weighted by Crippen LogP contribution is 2.31. The third-order valence-corrected chi connectivity index (χ3v) is 3.32. The van der Waals surface area contributed by atoms with E-state index in [1.54, 1.807) is 24.3 Å². The molecule has 4 heteroatoms. The summed E-state index contributed by atoms with van der Waals surface area (Å²) in [5.41, 5.74) is 3.16. The number of hydrogen-bond acceptors (Lipinski definition) is 4. The van der Waals surface area contributed by atoms with Gasteiger partial charge in [-0.25, -0.2) is 9.59 Å². The molecule has 21 heavy (non-hydrogen) atoms. The molecule has 4 nitrogen and oxygen atoms in total. The van der Waals surface area contributed by atoms with Gasteiger partial charge in [0.25, 0.3) is 0 Å². The number of para-hydroxylation sites is 2. The van der Waals surface area contributed by atoms with Gasteiger partial charge in [-0.05, 0) is 35.6 Å². The number of aliphatic imine (C=N–C) groups is 2. The lowest BCUT2D eigenvalue weighted by atomic mass is 9.92.